The van der Waals surface area contributed by atoms with Crippen molar-refractivity contribution in [3.63, 3.8) is 0 Å². The summed E-state index contributed by atoms with van der Waals surface area (Å²) in [5, 5.41) is 7.01. The van der Waals surface area contributed by atoms with Gasteiger partial charge in [0.1, 0.15) is 5.75 Å². The summed E-state index contributed by atoms with van der Waals surface area (Å²) in [5.74, 6) is 1.60. The Balaban J connectivity index is 2.22. The zero-order valence-electron chi connectivity index (χ0n) is 11.1. The lowest BCUT2D eigenvalue weighted by Crippen LogP contribution is -2.11. The largest absolute Gasteiger partial charge is 0.483 e. The number of rotatable bonds is 5. The number of benzene rings is 1. The summed E-state index contributed by atoms with van der Waals surface area (Å²) < 4.78 is 8.35. The summed E-state index contributed by atoms with van der Waals surface area (Å²) >= 11 is 5.18. The van der Waals surface area contributed by atoms with E-state index in [0.29, 0.717) is 11.3 Å². The molecule has 4 nitrogen and oxygen atoms in total. The Kier molecular flexibility index (Phi) is 4.16. The minimum absolute atomic E-state index is 0.185. The van der Waals surface area contributed by atoms with Crippen LogP contribution in [0.15, 0.2) is 36.9 Å². The molecule has 1 aromatic carbocycles. The molecule has 0 spiro atoms. The predicted octanol–water partition coefficient (Wildman–Crippen LogP) is 3.58. The molecule has 100 valence electrons. The molecule has 19 heavy (non-hydrogen) atoms. The monoisotopic (exact) mass is 275 g/mol. The Bertz CT molecular complexity index is 630. The van der Waals surface area contributed by atoms with Crippen LogP contribution in [0.5, 0.6) is 5.75 Å². The Labute approximate surface area is 117 Å². The van der Waals surface area contributed by atoms with Gasteiger partial charge in [-0.25, -0.2) is 0 Å². The standard InChI is InChI=1S/C14H17N3OS/c1-4-8-17-13(15-16-14(17)19)11(3)18-12-7-5-6-10(2)9-12/h4-7,9,11H,1,8H2,2-3H3,(H,16,19)/t11-/m0/s1. The van der Waals surface area contributed by atoms with Gasteiger partial charge in [0.15, 0.2) is 16.7 Å². The predicted molar refractivity (Wildman–Crippen MR) is 77.8 cm³/mol. The fraction of sp³-hybridized carbons (Fsp3) is 0.286. The molecule has 0 fully saturated rings. The van der Waals surface area contributed by atoms with Crippen LogP contribution in [0.4, 0.5) is 0 Å². The van der Waals surface area contributed by atoms with Crippen molar-refractivity contribution in [2.24, 2.45) is 0 Å². The number of allylic oxidation sites excluding steroid dienone is 1. The van der Waals surface area contributed by atoms with E-state index in [9.17, 15) is 0 Å². The highest BCUT2D eigenvalue weighted by atomic mass is 32.1. The fourth-order valence-corrected chi connectivity index (χ4v) is 2.10. The highest BCUT2D eigenvalue weighted by molar-refractivity contribution is 7.71. The van der Waals surface area contributed by atoms with E-state index in [1.807, 2.05) is 42.7 Å². The number of H-pyrrole nitrogens is 1. The highest BCUT2D eigenvalue weighted by Gasteiger charge is 2.15. The number of aromatic nitrogens is 3. The van der Waals surface area contributed by atoms with E-state index in [0.717, 1.165) is 17.1 Å². The molecule has 0 aliphatic heterocycles. The van der Waals surface area contributed by atoms with Gasteiger partial charge in [-0.1, -0.05) is 18.2 Å². The van der Waals surface area contributed by atoms with Crippen molar-refractivity contribution in [2.45, 2.75) is 26.5 Å². The van der Waals surface area contributed by atoms with Gasteiger partial charge in [0, 0.05) is 6.54 Å². The summed E-state index contributed by atoms with van der Waals surface area (Å²) in [6.45, 7) is 8.32. The van der Waals surface area contributed by atoms with Crippen molar-refractivity contribution in [3.05, 3.63) is 53.1 Å². The first-order valence-corrected chi connectivity index (χ1v) is 6.52. The van der Waals surface area contributed by atoms with Crippen LogP contribution in [-0.4, -0.2) is 14.8 Å². The summed E-state index contributed by atoms with van der Waals surface area (Å²) in [5.41, 5.74) is 1.16. The quantitative estimate of drug-likeness (QED) is 0.670. The summed E-state index contributed by atoms with van der Waals surface area (Å²) in [7, 11) is 0. The van der Waals surface area contributed by atoms with Crippen molar-refractivity contribution < 1.29 is 4.74 Å². The third-order valence-electron chi connectivity index (χ3n) is 2.77. The zero-order valence-corrected chi connectivity index (χ0v) is 11.9. The molecule has 0 amide bonds. The van der Waals surface area contributed by atoms with Crippen LogP contribution >= 0.6 is 12.2 Å². The van der Waals surface area contributed by atoms with Gasteiger partial charge in [-0.15, -0.1) is 6.58 Å². The van der Waals surface area contributed by atoms with Gasteiger partial charge in [0.2, 0.25) is 0 Å². The maximum Gasteiger partial charge on any atom is 0.195 e. The number of hydrogen-bond acceptors (Lipinski definition) is 3. The summed E-state index contributed by atoms with van der Waals surface area (Å²) in [6, 6.07) is 7.93. The number of hydrogen-bond donors (Lipinski definition) is 1. The average Bonchev–Trinajstić information content (AvgIpc) is 2.72. The molecule has 0 bridgehead atoms. The lowest BCUT2D eigenvalue weighted by Gasteiger charge is -2.15. The second kappa shape index (κ2) is 5.84. The van der Waals surface area contributed by atoms with E-state index in [-0.39, 0.29) is 6.10 Å². The third-order valence-corrected chi connectivity index (χ3v) is 3.08. The Hall–Kier alpha value is -1.88. The Morgan fingerprint density at radius 2 is 2.37 bits per heavy atom. The molecule has 0 aliphatic carbocycles. The molecule has 0 radical (unpaired) electrons. The second-order valence-electron chi connectivity index (χ2n) is 4.36. The lowest BCUT2D eigenvalue weighted by molar-refractivity contribution is 0.211. The SMILES string of the molecule is C=CCn1c([C@H](C)Oc2cccc(C)c2)n[nH]c1=S. The molecule has 0 aliphatic rings. The van der Waals surface area contributed by atoms with Gasteiger partial charge in [-0.3, -0.25) is 9.67 Å². The van der Waals surface area contributed by atoms with Crippen LogP contribution in [0.2, 0.25) is 0 Å². The molecular formula is C14H17N3OS. The van der Waals surface area contributed by atoms with Gasteiger partial charge in [-0.2, -0.15) is 5.10 Å². The lowest BCUT2D eigenvalue weighted by atomic mass is 10.2. The maximum atomic E-state index is 5.90. The van der Waals surface area contributed by atoms with Crippen LogP contribution < -0.4 is 4.74 Å². The summed E-state index contributed by atoms with van der Waals surface area (Å²) in [4.78, 5) is 0. The number of nitrogens with one attached hydrogen (secondary N) is 1. The zero-order chi connectivity index (χ0) is 13.8. The molecule has 1 aromatic heterocycles. The molecule has 1 heterocycles. The Morgan fingerprint density at radius 3 is 3.05 bits per heavy atom. The first kappa shape index (κ1) is 13.5. The van der Waals surface area contributed by atoms with E-state index >= 15 is 0 Å². The normalized spacial score (nSPS) is 12.1. The Morgan fingerprint density at radius 1 is 1.58 bits per heavy atom. The smallest absolute Gasteiger partial charge is 0.195 e. The van der Waals surface area contributed by atoms with E-state index in [2.05, 4.69) is 16.8 Å². The first-order valence-electron chi connectivity index (χ1n) is 6.11. The number of aromatic amines is 1. The first-order chi connectivity index (χ1) is 9.11. The molecule has 0 saturated heterocycles. The van der Waals surface area contributed by atoms with Gasteiger partial charge in [0.25, 0.3) is 0 Å². The third kappa shape index (κ3) is 3.12. The maximum absolute atomic E-state index is 5.90. The van der Waals surface area contributed by atoms with Crippen LogP contribution in [0.1, 0.15) is 24.4 Å². The van der Waals surface area contributed by atoms with Gasteiger partial charge in [0.05, 0.1) is 0 Å². The van der Waals surface area contributed by atoms with E-state index in [1.54, 1.807) is 6.08 Å². The van der Waals surface area contributed by atoms with Crippen LogP contribution in [0.25, 0.3) is 0 Å². The average molecular weight is 275 g/mol. The molecule has 2 rings (SSSR count). The van der Waals surface area contributed by atoms with E-state index < -0.39 is 0 Å². The number of ether oxygens (including phenoxy) is 1. The molecule has 2 aromatic rings. The topological polar surface area (TPSA) is 42.8 Å². The fourth-order valence-electron chi connectivity index (χ4n) is 1.89. The van der Waals surface area contributed by atoms with Crippen LogP contribution in [0, 0.1) is 11.7 Å². The van der Waals surface area contributed by atoms with Crippen LogP contribution in [-0.2, 0) is 6.54 Å². The van der Waals surface area contributed by atoms with Crippen molar-refractivity contribution >= 4 is 12.2 Å². The minimum atomic E-state index is -0.185. The number of aryl methyl sites for hydroxylation is 1. The van der Waals surface area contributed by atoms with Crippen LogP contribution in [0.3, 0.4) is 0 Å². The highest BCUT2D eigenvalue weighted by Crippen LogP contribution is 2.21. The summed E-state index contributed by atoms with van der Waals surface area (Å²) in [6.07, 6.45) is 1.60. The second-order valence-corrected chi connectivity index (χ2v) is 4.75. The molecule has 1 atom stereocenters. The molecular weight excluding hydrogens is 258 g/mol. The van der Waals surface area contributed by atoms with Crippen molar-refractivity contribution in [1.82, 2.24) is 14.8 Å². The van der Waals surface area contributed by atoms with E-state index in [4.69, 9.17) is 17.0 Å². The van der Waals surface area contributed by atoms with Gasteiger partial charge in [-0.05, 0) is 43.8 Å². The van der Waals surface area contributed by atoms with Gasteiger partial charge >= 0.3 is 0 Å². The molecule has 5 heteroatoms. The molecule has 0 unspecified atom stereocenters. The molecule has 0 saturated carbocycles. The molecule has 1 N–H and O–H groups in total. The van der Waals surface area contributed by atoms with E-state index in [1.165, 1.54) is 0 Å². The van der Waals surface area contributed by atoms with Crippen molar-refractivity contribution in [2.75, 3.05) is 0 Å². The minimum Gasteiger partial charge on any atom is -0.483 e. The van der Waals surface area contributed by atoms with Crippen molar-refractivity contribution in [3.8, 4) is 5.75 Å². The van der Waals surface area contributed by atoms with Crippen molar-refractivity contribution in [1.29, 1.82) is 0 Å². The van der Waals surface area contributed by atoms with Gasteiger partial charge < -0.3 is 4.74 Å². The number of nitrogens with zero attached hydrogens (tertiary/aromatic N) is 2.